The summed E-state index contributed by atoms with van der Waals surface area (Å²) in [6.45, 7) is 4.00. The zero-order chi connectivity index (χ0) is 20.2. The molecule has 1 aliphatic rings. The van der Waals surface area contributed by atoms with Gasteiger partial charge in [-0.1, -0.05) is 12.1 Å². The Labute approximate surface area is 169 Å². The first-order chi connectivity index (χ1) is 14.1. The predicted molar refractivity (Wildman–Crippen MR) is 107 cm³/mol. The van der Waals surface area contributed by atoms with Crippen molar-refractivity contribution in [2.24, 2.45) is 0 Å². The molecule has 0 radical (unpaired) electrons. The molecule has 2 heterocycles. The van der Waals surface area contributed by atoms with Gasteiger partial charge >= 0.3 is 0 Å². The molecule has 5 nitrogen and oxygen atoms in total. The van der Waals surface area contributed by atoms with Crippen LogP contribution >= 0.6 is 0 Å². The lowest BCUT2D eigenvalue weighted by Gasteiger charge is -2.31. The van der Waals surface area contributed by atoms with Crippen LogP contribution in [-0.2, 0) is 6.54 Å². The van der Waals surface area contributed by atoms with Crippen LogP contribution in [0.2, 0.25) is 0 Å². The molecule has 3 aromatic rings. The van der Waals surface area contributed by atoms with Gasteiger partial charge in [0, 0.05) is 5.56 Å². The molecule has 150 valence electrons. The molecule has 4 rings (SSSR count). The first-order valence-corrected chi connectivity index (χ1v) is 9.74. The standard InChI is InChI=1S/C23H23FN2O3/c1-28-18-8-6-17(7-9-18)16-25-12-14-26(15-13-25)23(27)22-11-10-21(29-22)19-4-2-3-5-20(19)24/h2-11H,12-16H2,1H3/p+1. The topological polar surface area (TPSA) is 47.1 Å². The molecule has 0 aliphatic carbocycles. The first kappa shape index (κ1) is 19.2. The number of methoxy groups -OCH3 is 1. The fraction of sp³-hybridized carbons (Fsp3) is 0.261. The van der Waals surface area contributed by atoms with Gasteiger partial charge in [-0.25, -0.2) is 4.39 Å². The predicted octanol–water partition coefficient (Wildman–Crippen LogP) is 2.64. The van der Waals surface area contributed by atoms with Gasteiger partial charge in [-0.2, -0.15) is 0 Å². The zero-order valence-electron chi connectivity index (χ0n) is 16.4. The number of nitrogens with one attached hydrogen (secondary N) is 1. The Morgan fingerprint density at radius 2 is 1.79 bits per heavy atom. The van der Waals surface area contributed by atoms with Crippen molar-refractivity contribution in [3.63, 3.8) is 0 Å². The third-order valence-corrected chi connectivity index (χ3v) is 5.33. The van der Waals surface area contributed by atoms with E-state index in [9.17, 15) is 9.18 Å². The lowest BCUT2D eigenvalue weighted by atomic mass is 10.1. The van der Waals surface area contributed by atoms with Gasteiger partial charge in [0.25, 0.3) is 5.91 Å². The van der Waals surface area contributed by atoms with Crippen molar-refractivity contribution < 1.29 is 23.2 Å². The lowest BCUT2D eigenvalue weighted by Crippen LogP contribution is -3.13. The summed E-state index contributed by atoms with van der Waals surface area (Å²) in [5, 5.41) is 0. The second-order valence-corrected chi connectivity index (χ2v) is 7.21. The van der Waals surface area contributed by atoms with E-state index in [0.717, 1.165) is 25.4 Å². The summed E-state index contributed by atoms with van der Waals surface area (Å²) >= 11 is 0. The minimum Gasteiger partial charge on any atom is -0.497 e. The Bertz CT molecular complexity index is 976. The fourth-order valence-corrected chi connectivity index (χ4v) is 3.65. The third kappa shape index (κ3) is 4.32. The molecule has 0 bridgehead atoms. The molecule has 1 aliphatic heterocycles. The SMILES string of the molecule is COc1ccc(C[NH+]2CCN(C(=O)c3ccc(-c4ccccc4F)o3)CC2)cc1. The maximum Gasteiger partial charge on any atom is 0.289 e. The summed E-state index contributed by atoms with van der Waals surface area (Å²) in [5.74, 6) is 0.970. The second-order valence-electron chi connectivity index (χ2n) is 7.21. The molecule has 29 heavy (non-hydrogen) atoms. The summed E-state index contributed by atoms with van der Waals surface area (Å²) in [6.07, 6.45) is 0. The highest BCUT2D eigenvalue weighted by atomic mass is 19.1. The van der Waals surface area contributed by atoms with Crippen LogP contribution in [0.4, 0.5) is 4.39 Å². The molecule has 6 heteroatoms. The van der Waals surface area contributed by atoms with Crippen LogP contribution in [0.5, 0.6) is 5.75 Å². The summed E-state index contributed by atoms with van der Waals surface area (Å²) < 4.78 is 24.8. The monoisotopic (exact) mass is 395 g/mol. The van der Waals surface area contributed by atoms with E-state index in [0.29, 0.717) is 24.4 Å². The van der Waals surface area contributed by atoms with Crippen molar-refractivity contribution in [3.8, 4) is 17.1 Å². The van der Waals surface area contributed by atoms with Gasteiger partial charge in [0.1, 0.15) is 23.9 Å². The molecule has 0 saturated carbocycles. The summed E-state index contributed by atoms with van der Waals surface area (Å²) in [6, 6.07) is 17.8. The molecule has 1 fully saturated rings. The van der Waals surface area contributed by atoms with E-state index < -0.39 is 0 Å². The molecular weight excluding hydrogens is 371 g/mol. The number of ether oxygens (including phenoxy) is 1. The van der Waals surface area contributed by atoms with Gasteiger partial charge in [0.05, 0.1) is 38.9 Å². The number of benzene rings is 2. The molecule has 0 atom stereocenters. The molecule has 1 saturated heterocycles. The van der Waals surface area contributed by atoms with E-state index in [1.165, 1.54) is 16.5 Å². The van der Waals surface area contributed by atoms with Crippen molar-refractivity contribution in [1.29, 1.82) is 0 Å². The van der Waals surface area contributed by atoms with Crippen LogP contribution < -0.4 is 9.64 Å². The van der Waals surface area contributed by atoms with Crippen molar-refractivity contribution in [3.05, 3.63) is 77.8 Å². The number of furan rings is 1. The average Bonchev–Trinajstić information content (AvgIpc) is 3.25. The molecule has 1 N–H and O–H groups in total. The quantitative estimate of drug-likeness (QED) is 0.723. The van der Waals surface area contributed by atoms with E-state index in [4.69, 9.17) is 9.15 Å². The van der Waals surface area contributed by atoms with Crippen LogP contribution in [0.3, 0.4) is 0 Å². The molecular formula is C23H24FN2O3+. The van der Waals surface area contributed by atoms with Gasteiger partial charge in [-0.3, -0.25) is 4.79 Å². The second kappa shape index (κ2) is 8.49. The third-order valence-electron chi connectivity index (χ3n) is 5.33. The Kier molecular flexibility index (Phi) is 5.62. The van der Waals surface area contributed by atoms with E-state index in [-0.39, 0.29) is 17.5 Å². The van der Waals surface area contributed by atoms with Gasteiger partial charge in [0.15, 0.2) is 5.76 Å². The number of carbonyl (C=O) groups excluding carboxylic acids is 1. The largest absolute Gasteiger partial charge is 0.497 e. The highest BCUT2D eigenvalue weighted by Gasteiger charge is 2.26. The fourth-order valence-electron chi connectivity index (χ4n) is 3.65. The molecule has 0 spiro atoms. The zero-order valence-corrected chi connectivity index (χ0v) is 16.4. The van der Waals surface area contributed by atoms with Crippen molar-refractivity contribution in [2.75, 3.05) is 33.3 Å². The van der Waals surface area contributed by atoms with Crippen molar-refractivity contribution in [2.45, 2.75) is 6.54 Å². The van der Waals surface area contributed by atoms with Gasteiger partial charge in [-0.15, -0.1) is 0 Å². The van der Waals surface area contributed by atoms with Crippen molar-refractivity contribution in [1.82, 2.24) is 4.90 Å². The number of nitrogens with zero attached hydrogens (tertiary/aromatic N) is 1. The molecule has 2 aromatic carbocycles. The summed E-state index contributed by atoms with van der Waals surface area (Å²) in [4.78, 5) is 16.0. The number of quaternary nitrogens is 1. The van der Waals surface area contributed by atoms with E-state index in [1.54, 1.807) is 37.4 Å². The molecule has 1 aromatic heterocycles. The minimum atomic E-state index is -0.364. The highest BCUT2D eigenvalue weighted by Crippen LogP contribution is 2.25. The van der Waals surface area contributed by atoms with Gasteiger partial charge < -0.3 is 19.0 Å². The number of carbonyl (C=O) groups is 1. The Morgan fingerprint density at radius 1 is 1.07 bits per heavy atom. The van der Waals surface area contributed by atoms with Gasteiger partial charge in [0.2, 0.25) is 0 Å². The van der Waals surface area contributed by atoms with Crippen LogP contribution in [0.25, 0.3) is 11.3 Å². The summed E-state index contributed by atoms with van der Waals surface area (Å²) in [5.41, 5.74) is 1.61. The molecule has 0 unspecified atom stereocenters. The number of piperazine rings is 1. The number of rotatable bonds is 5. The number of hydrogen-bond acceptors (Lipinski definition) is 3. The average molecular weight is 395 g/mol. The Hall–Kier alpha value is -3.12. The highest BCUT2D eigenvalue weighted by molar-refractivity contribution is 5.92. The summed E-state index contributed by atoms with van der Waals surface area (Å²) in [7, 11) is 1.66. The minimum absolute atomic E-state index is 0.143. The van der Waals surface area contributed by atoms with Crippen LogP contribution in [-0.4, -0.2) is 44.1 Å². The van der Waals surface area contributed by atoms with Gasteiger partial charge in [-0.05, 0) is 48.5 Å². The number of amides is 1. The van der Waals surface area contributed by atoms with Crippen molar-refractivity contribution >= 4 is 5.91 Å². The maximum atomic E-state index is 13.9. The lowest BCUT2D eigenvalue weighted by molar-refractivity contribution is -0.917. The maximum absolute atomic E-state index is 13.9. The normalized spacial score (nSPS) is 14.8. The first-order valence-electron chi connectivity index (χ1n) is 9.74. The number of halogens is 1. The number of hydrogen-bond donors (Lipinski definition) is 1. The van der Waals surface area contributed by atoms with E-state index in [2.05, 4.69) is 12.1 Å². The molecule has 1 amide bonds. The Morgan fingerprint density at radius 3 is 2.48 bits per heavy atom. The Balaban J connectivity index is 1.35. The van der Waals surface area contributed by atoms with E-state index in [1.807, 2.05) is 17.0 Å². The van der Waals surface area contributed by atoms with Crippen LogP contribution in [0.15, 0.2) is 65.1 Å². The van der Waals surface area contributed by atoms with Crippen LogP contribution in [0, 0.1) is 5.82 Å². The smallest absolute Gasteiger partial charge is 0.289 e. The van der Waals surface area contributed by atoms with E-state index >= 15 is 0 Å². The van der Waals surface area contributed by atoms with Crippen LogP contribution in [0.1, 0.15) is 16.1 Å².